The number of H-pyrrole nitrogens is 1. The molecular weight excluding hydrogens is 370 g/mol. The first-order valence-corrected chi connectivity index (χ1v) is 7.70. The van der Waals surface area contributed by atoms with Gasteiger partial charge in [-0.05, 0) is 25.1 Å². The van der Waals surface area contributed by atoms with Crippen LogP contribution < -0.4 is 10.9 Å². The molecule has 2 heterocycles. The number of halogens is 2. The number of nitrogens with zero attached hydrogens (tertiary/aromatic N) is 1. The monoisotopic (exact) mass is 385 g/mol. The van der Waals surface area contributed by atoms with Crippen molar-refractivity contribution in [2.45, 2.75) is 13.0 Å². The fraction of sp³-hybridized carbons (Fsp3) is 0.333. The molecule has 118 valence electrons. The number of aromatic nitrogens is 1. The van der Waals surface area contributed by atoms with Crippen LogP contribution in [-0.4, -0.2) is 41.5 Å². The Hall–Kier alpha value is -1.37. The molecule has 1 aliphatic heterocycles. The first kappa shape index (κ1) is 17.0. The van der Waals surface area contributed by atoms with Gasteiger partial charge in [0.05, 0.1) is 5.56 Å². The molecule has 0 spiro atoms. The summed E-state index contributed by atoms with van der Waals surface area (Å²) in [6.07, 6.45) is 0. The number of nitrogens with one attached hydrogen (secondary N) is 2. The number of hydrogen-bond donors (Lipinski definition) is 2. The summed E-state index contributed by atoms with van der Waals surface area (Å²) >= 11 is 3.42. The van der Waals surface area contributed by atoms with E-state index in [9.17, 15) is 9.59 Å². The molecule has 1 aliphatic rings. The molecule has 22 heavy (non-hydrogen) atoms. The van der Waals surface area contributed by atoms with E-state index in [4.69, 9.17) is 0 Å². The second kappa shape index (κ2) is 6.81. The summed E-state index contributed by atoms with van der Waals surface area (Å²) in [6.45, 7) is 4.22. The highest BCUT2D eigenvalue weighted by Crippen LogP contribution is 2.22. The molecule has 1 aromatic heterocycles. The van der Waals surface area contributed by atoms with E-state index in [-0.39, 0.29) is 29.9 Å². The van der Waals surface area contributed by atoms with Crippen LogP contribution in [0.2, 0.25) is 0 Å². The lowest BCUT2D eigenvalue weighted by Gasteiger charge is -2.34. The van der Waals surface area contributed by atoms with Gasteiger partial charge in [-0.2, -0.15) is 0 Å². The summed E-state index contributed by atoms with van der Waals surface area (Å²) in [7, 11) is 0. The third-order valence-corrected chi connectivity index (χ3v) is 4.29. The zero-order valence-electron chi connectivity index (χ0n) is 12.1. The minimum atomic E-state index is -0.254. The summed E-state index contributed by atoms with van der Waals surface area (Å²) in [4.78, 5) is 29.2. The van der Waals surface area contributed by atoms with Gasteiger partial charge >= 0.3 is 0 Å². The lowest BCUT2D eigenvalue weighted by molar-refractivity contribution is 0.0657. The first-order chi connectivity index (χ1) is 10.1. The fourth-order valence-electron chi connectivity index (χ4n) is 2.70. The first-order valence-electron chi connectivity index (χ1n) is 6.90. The number of carbonyl (C=O) groups excluding carboxylic acids is 1. The van der Waals surface area contributed by atoms with Gasteiger partial charge in [-0.3, -0.25) is 9.59 Å². The fourth-order valence-corrected chi connectivity index (χ4v) is 3.06. The van der Waals surface area contributed by atoms with E-state index in [1.807, 2.05) is 24.0 Å². The van der Waals surface area contributed by atoms with Crippen molar-refractivity contribution in [3.63, 3.8) is 0 Å². The van der Waals surface area contributed by atoms with Crippen molar-refractivity contribution in [1.29, 1.82) is 0 Å². The highest BCUT2D eigenvalue weighted by Gasteiger charge is 2.25. The largest absolute Gasteiger partial charge is 0.333 e. The third-order valence-electron chi connectivity index (χ3n) is 3.80. The van der Waals surface area contributed by atoms with Crippen LogP contribution in [0.4, 0.5) is 0 Å². The van der Waals surface area contributed by atoms with E-state index in [2.05, 4.69) is 26.2 Å². The van der Waals surface area contributed by atoms with Crippen molar-refractivity contribution in [3.05, 3.63) is 44.7 Å². The Morgan fingerprint density at radius 1 is 1.36 bits per heavy atom. The van der Waals surface area contributed by atoms with Crippen LogP contribution in [0, 0.1) is 0 Å². The maximum atomic E-state index is 12.8. The normalized spacial score (nSPS) is 18.1. The highest BCUT2D eigenvalue weighted by atomic mass is 79.9. The Morgan fingerprint density at radius 3 is 2.86 bits per heavy atom. The zero-order chi connectivity index (χ0) is 15.0. The molecule has 1 saturated heterocycles. The van der Waals surface area contributed by atoms with Crippen molar-refractivity contribution in [3.8, 4) is 0 Å². The van der Waals surface area contributed by atoms with Crippen LogP contribution in [0.5, 0.6) is 0 Å². The molecule has 0 unspecified atom stereocenters. The molecule has 1 atom stereocenters. The van der Waals surface area contributed by atoms with Crippen molar-refractivity contribution in [2.24, 2.45) is 0 Å². The molecule has 1 amide bonds. The topological polar surface area (TPSA) is 65.2 Å². The third kappa shape index (κ3) is 3.19. The quantitative estimate of drug-likeness (QED) is 0.789. The number of rotatable bonds is 1. The average molecular weight is 387 g/mol. The van der Waals surface area contributed by atoms with Gasteiger partial charge in [0.25, 0.3) is 5.91 Å². The van der Waals surface area contributed by atoms with Crippen LogP contribution in [0.15, 0.2) is 33.5 Å². The zero-order valence-corrected chi connectivity index (χ0v) is 14.5. The van der Waals surface area contributed by atoms with Gasteiger partial charge in [-0.1, -0.05) is 15.9 Å². The number of hydrogen-bond acceptors (Lipinski definition) is 3. The van der Waals surface area contributed by atoms with E-state index >= 15 is 0 Å². The Kier molecular flexibility index (Phi) is 5.26. The van der Waals surface area contributed by atoms with Crippen molar-refractivity contribution in [2.75, 3.05) is 19.6 Å². The van der Waals surface area contributed by atoms with Crippen molar-refractivity contribution < 1.29 is 4.79 Å². The summed E-state index contributed by atoms with van der Waals surface area (Å²) in [5, 5.41) is 4.02. The molecule has 2 aromatic rings. The van der Waals surface area contributed by atoms with Crippen LogP contribution in [-0.2, 0) is 0 Å². The smallest absolute Gasteiger partial charge is 0.255 e. The molecule has 0 saturated carbocycles. The molecule has 0 radical (unpaired) electrons. The van der Waals surface area contributed by atoms with E-state index in [1.54, 1.807) is 6.07 Å². The Labute approximate surface area is 142 Å². The molecule has 5 nitrogen and oxygen atoms in total. The molecule has 2 N–H and O–H groups in total. The number of piperazine rings is 1. The Balaban J connectivity index is 0.00000176. The van der Waals surface area contributed by atoms with Crippen LogP contribution >= 0.6 is 28.3 Å². The van der Waals surface area contributed by atoms with Gasteiger partial charge in [-0.15, -0.1) is 12.4 Å². The summed E-state index contributed by atoms with van der Waals surface area (Å²) in [6, 6.07) is 7.03. The maximum absolute atomic E-state index is 12.8. The summed E-state index contributed by atoms with van der Waals surface area (Å²) < 4.78 is 0.879. The minimum Gasteiger partial charge on any atom is -0.333 e. The van der Waals surface area contributed by atoms with Gasteiger partial charge < -0.3 is 15.2 Å². The standard InChI is InChI=1S/C15H16BrN3O2.ClH/c1-9-8-17-4-5-19(9)15(21)12-7-14(20)18-13-3-2-10(16)6-11(12)13;/h2-3,6-7,9,17H,4-5,8H2,1H3,(H,18,20);1H/t9-;/m0./s1. The molecule has 0 aliphatic carbocycles. The molecule has 1 fully saturated rings. The van der Waals surface area contributed by atoms with Crippen molar-refractivity contribution >= 4 is 45.1 Å². The number of pyridine rings is 1. The number of benzene rings is 1. The van der Waals surface area contributed by atoms with Gasteiger partial charge in [-0.25, -0.2) is 0 Å². The lowest BCUT2D eigenvalue weighted by atomic mass is 10.1. The van der Waals surface area contributed by atoms with Crippen molar-refractivity contribution in [1.82, 2.24) is 15.2 Å². The van der Waals surface area contributed by atoms with Gasteiger partial charge in [0.1, 0.15) is 0 Å². The highest BCUT2D eigenvalue weighted by molar-refractivity contribution is 9.10. The predicted molar refractivity (Wildman–Crippen MR) is 92.9 cm³/mol. The van der Waals surface area contributed by atoms with Crippen LogP contribution in [0.1, 0.15) is 17.3 Å². The van der Waals surface area contributed by atoms with Gasteiger partial charge in [0.15, 0.2) is 0 Å². The maximum Gasteiger partial charge on any atom is 0.255 e. The van der Waals surface area contributed by atoms with Crippen LogP contribution in [0.25, 0.3) is 10.9 Å². The Bertz CT molecular complexity index is 762. The summed E-state index contributed by atoms with van der Waals surface area (Å²) in [5.74, 6) is -0.0850. The number of aromatic amines is 1. The Morgan fingerprint density at radius 2 is 2.14 bits per heavy atom. The SMILES string of the molecule is C[C@H]1CNCCN1C(=O)c1cc(=O)[nH]c2ccc(Br)cc12.Cl. The van der Waals surface area contributed by atoms with E-state index in [0.29, 0.717) is 17.6 Å². The average Bonchev–Trinajstić information content (AvgIpc) is 2.47. The molecular formula is C15H17BrClN3O2. The minimum absolute atomic E-state index is 0. The van der Waals surface area contributed by atoms with Gasteiger partial charge in [0.2, 0.25) is 5.56 Å². The van der Waals surface area contributed by atoms with Crippen LogP contribution in [0.3, 0.4) is 0 Å². The molecule has 0 bridgehead atoms. The lowest BCUT2D eigenvalue weighted by Crippen LogP contribution is -2.52. The predicted octanol–water partition coefficient (Wildman–Crippen LogP) is 2.15. The van der Waals surface area contributed by atoms with Gasteiger partial charge in [0, 0.05) is 47.1 Å². The molecule has 3 rings (SSSR count). The number of amides is 1. The van der Waals surface area contributed by atoms with E-state index in [1.165, 1.54) is 6.07 Å². The number of carbonyl (C=O) groups is 1. The molecule has 1 aromatic carbocycles. The second-order valence-electron chi connectivity index (χ2n) is 5.29. The second-order valence-corrected chi connectivity index (χ2v) is 6.20. The van der Waals surface area contributed by atoms with E-state index in [0.717, 1.165) is 22.9 Å². The van der Waals surface area contributed by atoms with E-state index < -0.39 is 0 Å². The number of fused-ring (bicyclic) bond motifs is 1. The summed E-state index contributed by atoms with van der Waals surface area (Å²) in [5.41, 5.74) is 0.886. The molecule has 7 heteroatoms.